The van der Waals surface area contributed by atoms with Gasteiger partial charge in [0.05, 0.1) is 27.5 Å². The molecule has 0 saturated heterocycles. The van der Waals surface area contributed by atoms with E-state index in [1.807, 2.05) is 0 Å². The Bertz CT molecular complexity index is 952. The predicted molar refractivity (Wildman–Crippen MR) is 91.5 cm³/mol. The fourth-order valence-electron chi connectivity index (χ4n) is 2.19. The van der Waals surface area contributed by atoms with Gasteiger partial charge in [0.1, 0.15) is 5.75 Å². The molecule has 0 aliphatic heterocycles. The second-order valence-electron chi connectivity index (χ2n) is 6.23. The molecule has 154 valence electrons. The molecular formula is C16H15F5N2O3S2. The smallest absolute Gasteiger partial charge is 0.456 e. The molecule has 1 fully saturated rings. The van der Waals surface area contributed by atoms with Crippen LogP contribution in [0.4, 0.5) is 22.0 Å². The zero-order chi connectivity index (χ0) is 20.7. The normalized spacial score (nSPS) is 15.6. The quantitative estimate of drug-likeness (QED) is 0.593. The molecule has 0 N–H and O–H groups in total. The van der Waals surface area contributed by atoms with Crippen molar-refractivity contribution in [3.05, 3.63) is 23.3 Å². The van der Waals surface area contributed by atoms with E-state index in [2.05, 4.69) is 14.7 Å². The summed E-state index contributed by atoms with van der Waals surface area (Å²) in [5.74, 6) is -5.22. The Morgan fingerprint density at radius 3 is 2.39 bits per heavy atom. The van der Waals surface area contributed by atoms with Crippen LogP contribution in [0, 0.1) is 0 Å². The van der Waals surface area contributed by atoms with Crippen LogP contribution in [-0.2, 0) is 9.84 Å². The zero-order valence-corrected chi connectivity index (χ0v) is 16.1. The number of hydrogen-bond donors (Lipinski definition) is 0. The number of pyridine rings is 1. The fourth-order valence-corrected chi connectivity index (χ4v) is 4.76. The van der Waals surface area contributed by atoms with Crippen molar-refractivity contribution in [2.45, 2.75) is 42.8 Å². The van der Waals surface area contributed by atoms with Crippen LogP contribution in [-0.4, -0.2) is 42.8 Å². The molecule has 0 atom stereocenters. The minimum atomic E-state index is -5.72. The fraction of sp³-hybridized carbons (Fsp3) is 0.500. The van der Waals surface area contributed by atoms with Crippen LogP contribution in [0.15, 0.2) is 23.4 Å². The zero-order valence-electron chi connectivity index (χ0n) is 14.5. The number of sulfone groups is 1. The molecule has 2 aromatic rings. The minimum absolute atomic E-state index is 0.0910. The molecule has 0 unspecified atom stereocenters. The van der Waals surface area contributed by atoms with Gasteiger partial charge in [0.15, 0.2) is 21.5 Å². The lowest BCUT2D eigenvalue weighted by molar-refractivity contribution is -0.290. The van der Waals surface area contributed by atoms with Gasteiger partial charge < -0.3 is 4.74 Å². The van der Waals surface area contributed by atoms with Crippen LogP contribution in [0.2, 0.25) is 0 Å². The highest BCUT2D eigenvalue weighted by atomic mass is 32.2. The number of ether oxygens (including phenoxy) is 1. The van der Waals surface area contributed by atoms with E-state index >= 15 is 0 Å². The Morgan fingerprint density at radius 2 is 1.89 bits per heavy atom. The van der Waals surface area contributed by atoms with E-state index in [0.717, 1.165) is 25.1 Å². The SMILES string of the molecule is CCS(=O)(=O)c1nc(C2CC2)sc1-c1ccc(OCC(F)(F)C(F)(F)F)cn1. The van der Waals surface area contributed by atoms with Gasteiger partial charge in [-0.25, -0.2) is 13.4 Å². The first-order chi connectivity index (χ1) is 12.9. The molecular weight excluding hydrogens is 427 g/mol. The highest BCUT2D eigenvalue weighted by molar-refractivity contribution is 7.91. The number of rotatable bonds is 7. The van der Waals surface area contributed by atoms with Gasteiger partial charge in [-0.3, -0.25) is 4.98 Å². The van der Waals surface area contributed by atoms with E-state index in [1.165, 1.54) is 24.3 Å². The third-order valence-corrected chi connectivity index (χ3v) is 7.03. The van der Waals surface area contributed by atoms with Crippen molar-refractivity contribution in [3.8, 4) is 16.3 Å². The van der Waals surface area contributed by atoms with Crippen LogP contribution >= 0.6 is 11.3 Å². The van der Waals surface area contributed by atoms with Crippen molar-refractivity contribution in [3.63, 3.8) is 0 Å². The monoisotopic (exact) mass is 442 g/mol. The van der Waals surface area contributed by atoms with E-state index in [9.17, 15) is 30.4 Å². The largest absolute Gasteiger partial charge is 0.485 e. The van der Waals surface area contributed by atoms with E-state index in [0.29, 0.717) is 9.88 Å². The summed E-state index contributed by atoms with van der Waals surface area (Å²) in [7, 11) is -3.61. The Morgan fingerprint density at radius 1 is 1.21 bits per heavy atom. The summed E-state index contributed by atoms with van der Waals surface area (Å²) >= 11 is 1.19. The molecule has 28 heavy (non-hydrogen) atoms. The molecule has 0 aromatic carbocycles. The third-order valence-electron chi connectivity index (χ3n) is 4.02. The minimum Gasteiger partial charge on any atom is -0.485 e. The molecule has 1 saturated carbocycles. The second kappa shape index (κ2) is 7.21. The lowest BCUT2D eigenvalue weighted by Gasteiger charge is -2.19. The highest BCUT2D eigenvalue weighted by Gasteiger charge is 2.58. The van der Waals surface area contributed by atoms with E-state index in [1.54, 1.807) is 0 Å². The van der Waals surface area contributed by atoms with Crippen LogP contribution in [0.25, 0.3) is 10.6 Å². The summed E-state index contributed by atoms with van der Waals surface area (Å²) in [6, 6.07) is 2.47. The summed E-state index contributed by atoms with van der Waals surface area (Å²) in [5.41, 5.74) is 0.228. The van der Waals surface area contributed by atoms with Crippen molar-refractivity contribution in [2.75, 3.05) is 12.4 Å². The van der Waals surface area contributed by atoms with Crippen LogP contribution < -0.4 is 4.74 Å². The Labute approximate surface area is 161 Å². The molecule has 1 aliphatic carbocycles. The summed E-state index contributed by atoms with van der Waals surface area (Å²) in [5, 5.41) is 0.598. The van der Waals surface area contributed by atoms with Crippen molar-refractivity contribution in [1.29, 1.82) is 0 Å². The molecule has 2 aromatic heterocycles. The number of halogens is 5. The Balaban J connectivity index is 1.84. The first-order valence-electron chi connectivity index (χ1n) is 8.22. The summed E-state index contributed by atoms with van der Waals surface area (Å²) in [6.45, 7) is -0.389. The van der Waals surface area contributed by atoms with Gasteiger partial charge in [0.2, 0.25) is 0 Å². The molecule has 0 bridgehead atoms. The van der Waals surface area contributed by atoms with Gasteiger partial charge in [-0.1, -0.05) is 6.92 Å². The van der Waals surface area contributed by atoms with E-state index in [-0.39, 0.29) is 28.1 Å². The van der Waals surface area contributed by atoms with Gasteiger partial charge in [-0.2, -0.15) is 22.0 Å². The van der Waals surface area contributed by atoms with Crippen molar-refractivity contribution in [2.24, 2.45) is 0 Å². The van der Waals surface area contributed by atoms with Crippen LogP contribution in [0.1, 0.15) is 30.7 Å². The molecule has 0 radical (unpaired) electrons. The topological polar surface area (TPSA) is 69.2 Å². The molecule has 5 nitrogen and oxygen atoms in total. The number of nitrogens with zero attached hydrogens (tertiary/aromatic N) is 2. The Kier molecular flexibility index (Phi) is 5.38. The third kappa shape index (κ3) is 4.27. The van der Waals surface area contributed by atoms with Crippen LogP contribution in [0.5, 0.6) is 5.75 Å². The summed E-state index contributed by atoms with van der Waals surface area (Å²) in [4.78, 5) is 8.53. The van der Waals surface area contributed by atoms with Crippen molar-refractivity contribution >= 4 is 21.2 Å². The van der Waals surface area contributed by atoms with Gasteiger partial charge in [-0.15, -0.1) is 11.3 Å². The maximum atomic E-state index is 12.9. The van der Waals surface area contributed by atoms with Crippen molar-refractivity contribution in [1.82, 2.24) is 9.97 Å². The second-order valence-corrected chi connectivity index (χ2v) is 9.46. The maximum Gasteiger partial charge on any atom is 0.456 e. The maximum absolute atomic E-state index is 12.9. The molecule has 2 heterocycles. The lowest BCUT2D eigenvalue weighted by Crippen LogP contribution is -2.41. The predicted octanol–water partition coefficient (Wildman–Crippen LogP) is 4.45. The van der Waals surface area contributed by atoms with Gasteiger partial charge in [-0.05, 0) is 25.0 Å². The first-order valence-corrected chi connectivity index (χ1v) is 10.7. The lowest BCUT2D eigenvalue weighted by atomic mass is 10.3. The van der Waals surface area contributed by atoms with Crippen LogP contribution in [0.3, 0.4) is 0 Å². The average molecular weight is 442 g/mol. The number of thiazole rings is 1. The van der Waals surface area contributed by atoms with E-state index in [4.69, 9.17) is 0 Å². The Hall–Kier alpha value is -1.82. The highest BCUT2D eigenvalue weighted by Crippen LogP contribution is 2.45. The van der Waals surface area contributed by atoms with Gasteiger partial charge in [0, 0.05) is 5.92 Å². The summed E-state index contributed by atoms with van der Waals surface area (Å²) in [6.07, 6.45) is -2.90. The van der Waals surface area contributed by atoms with E-state index < -0.39 is 28.5 Å². The molecule has 12 heteroatoms. The number of alkyl halides is 5. The first kappa shape index (κ1) is 20.9. The number of aromatic nitrogens is 2. The molecule has 1 aliphatic rings. The number of hydrogen-bond acceptors (Lipinski definition) is 6. The summed E-state index contributed by atoms with van der Waals surface area (Å²) < 4.78 is 91.5. The average Bonchev–Trinajstić information content (AvgIpc) is 3.37. The molecule has 3 rings (SSSR count). The van der Waals surface area contributed by atoms with Gasteiger partial charge >= 0.3 is 12.1 Å². The standard InChI is InChI=1S/C16H15F5N2O3S2/c1-2-28(24,25)14-12(27-13(23-14)9-3-4-9)11-6-5-10(7-22-11)26-8-15(17,18)16(19,20)21/h5-7,9H,2-4,8H2,1H3. The van der Waals surface area contributed by atoms with Crippen molar-refractivity contribution < 1.29 is 35.1 Å². The molecule has 0 amide bonds. The van der Waals surface area contributed by atoms with Gasteiger partial charge in [0.25, 0.3) is 0 Å². The molecule has 0 spiro atoms.